The molecule has 0 amide bonds. The van der Waals surface area contributed by atoms with E-state index in [0.717, 1.165) is 5.88 Å². The second-order valence-electron chi connectivity index (χ2n) is 4.24. The van der Waals surface area contributed by atoms with E-state index in [1.165, 1.54) is 19.3 Å². The zero-order chi connectivity index (χ0) is 8.11. The summed E-state index contributed by atoms with van der Waals surface area (Å²) in [5, 5.41) is 0. The van der Waals surface area contributed by atoms with Gasteiger partial charge < -0.3 is 0 Å². The van der Waals surface area contributed by atoms with Gasteiger partial charge in [0.05, 0.1) is 0 Å². The lowest BCUT2D eigenvalue weighted by atomic mass is 9.41. The van der Waals surface area contributed by atoms with Crippen LogP contribution >= 0.6 is 11.6 Å². The van der Waals surface area contributed by atoms with Crippen LogP contribution < -0.4 is 0 Å². The van der Waals surface area contributed by atoms with Crippen LogP contribution in [0.3, 0.4) is 0 Å². The maximum absolute atomic E-state index is 6.01. The standard InChI is InChI=1S/C10H15Cl/c1-3-9(2)6-8-4-5-10(8,9)7-11/h4H,3,5-7H2,1-2H3. The molecule has 62 valence electrons. The van der Waals surface area contributed by atoms with E-state index in [2.05, 4.69) is 19.9 Å². The molecule has 0 spiro atoms. The number of halogens is 1. The molecule has 2 aliphatic carbocycles. The van der Waals surface area contributed by atoms with Gasteiger partial charge in [0.2, 0.25) is 0 Å². The lowest BCUT2D eigenvalue weighted by Gasteiger charge is -2.64. The third-order valence-electron chi connectivity index (χ3n) is 4.06. The first-order valence-corrected chi connectivity index (χ1v) is 4.97. The average molecular weight is 171 g/mol. The van der Waals surface area contributed by atoms with E-state index in [9.17, 15) is 0 Å². The SMILES string of the molecule is CCC1(C)CC2=CCC21CCl. The van der Waals surface area contributed by atoms with Gasteiger partial charge in [-0.15, -0.1) is 11.6 Å². The van der Waals surface area contributed by atoms with E-state index in [-0.39, 0.29) is 0 Å². The summed E-state index contributed by atoms with van der Waals surface area (Å²) in [4.78, 5) is 0. The number of hydrogen-bond acceptors (Lipinski definition) is 0. The molecule has 0 aromatic carbocycles. The number of rotatable bonds is 2. The minimum absolute atomic E-state index is 0.434. The zero-order valence-corrected chi connectivity index (χ0v) is 8.04. The van der Waals surface area contributed by atoms with Crippen molar-refractivity contribution in [2.24, 2.45) is 10.8 Å². The van der Waals surface area contributed by atoms with Crippen molar-refractivity contribution in [3.8, 4) is 0 Å². The Bertz CT molecular complexity index is 219. The quantitative estimate of drug-likeness (QED) is 0.441. The number of allylic oxidation sites excluding steroid dienone is 2. The second kappa shape index (κ2) is 2.04. The third kappa shape index (κ3) is 0.630. The fraction of sp³-hybridized carbons (Fsp3) is 0.800. The molecule has 0 nitrogen and oxygen atoms in total. The van der Waals surface area contributed by atoms with Crippen LogP contribution in [0.4, 0.5) is 0 Å². The molecule has 0 aliphatic heterocycles. The van der Waals surface area contributed by atoms with Crippen molar-refractivity contribution < 1.29 is 0 Å². The van der Waals surface area contributed by atoms with Gasteiger partial charge in [0.25, 0.3) is 0 Å². The minimum Gasteiger partial charge on any atom is -0.126 e. The van der Waals surface area contributed by atoms with Crippen LogP contribution in [0.1, 0.15) is 33.1 Å². The first-order chi connectivity index (χ1) is 5.18. The molecule has 0 radical (unpaired) electrons. The number of hydrogen-bond donors (Lipinski definition) is 0. The Kier molecular flexibility index (Phi) is 1.42. The Morgan fingerprint density at radius 1 is 1.64 bits per heavy atom. The van der Waals surface area contributed by atoms with Gasteiger partial charge in [-0.3, -0.25) is 0 Å². The molecule has 2 rings (SSSR count). The molecule has 0 heterocycles. The molecule has 2 aliphatic rings. The van der Waals surface area contributed by atoms with Crippen molar-refractivity contribution in [1.82, 2.24) is 0 Å². The van der Waals surface area contributed by atoms with Crippen molar-refractivity contribution in [2.45, 2.75) is 33.1 Å². The predicted molar refractivity (Wildman–Crippen MR) is 48.9 cm³/mol. The second-order valence-corrected chi connectivity index (χ2v) is 4.51. The topological polar surface area (TPSA) is 0 Å². The first-order valence-electron chi connectivity index (χ1n) is 4.44. The third-order valence-corrected chi connectivity index (χ3v) is 4.51. The molecule has 0 bridgehead atoms. The number of alkyl halides is 1. The summed E-state index contributed by atoms with van der Waals surface area (Å²) in [6, 6.07) is 0. The van der Waals surface area contributed by atoms with Crippen LogP contribution in [0.15, 0.2) is 11.6 Å². The first kappa shape index (κ1) is 7.67. The van der Waals surface area contributed by atoms with Crippen molar-refractivity contribution in [3.05, 3.63) is 11.6 Å². The minimum atomic E-state index is 0.434. The van der Waals surface area contributed by atoms with Crippen LogP contribution in [0.25, 0.3) is 0 Å². The molecule has 2 atom stereocenters. The van der Waals surface area contributed by atoms with Crippen LogP contribution in [0, 0.1) is 10.8 Å². The fourth-order valence-corrected chi connectivity index (χ4v) is 3.22. The molecule has 0 aromatic heterocycles. The Hall–Kier alpha value is 0.0300. The van der Waals surface area contributed by atoms with Gasteiger partial charge in [-0.05, 0) is 24.7 Å². The predicted octanol–water partition coefficient (Wildman–Crippen LogP) is 3.36. The highest BCUT2D eigenvalue weighted by molar-refractivity contribution is 6.18. The molecule has 0 aromatic rings. The van der Waals surface area contributed by atoms with Crippen LogP contribution in [0.2, 0.25) is 0 Å². The van der Waals surface area contributed by atoms with Crippen LogP contribution in [-0.2, 0) is 0 Å². The fourth-order valence-electron chi connectivity index (χ4n) is 2.62. The summed E-state index contributed by atoms with van der Waals surface area (Å²) in [6.45, 7) is 4.66. The maximum atomic E-state index is 6.01. The Morgan fingerprint density at radius 3 is 2.55 bits per heavy atom. The van der Waals surface area contributed by atoms with Gasteiger partial charge in [-0.1, -0.05) is 25.5 Å². The zero-order valence-electron chi connectivity index (χ0n) is 7.28. The Labute approximate surface area is 73.6 Å². The van der Waals surface area contributed by atoms with Crippen LogP contribution in [-0.4, -0.2) is 5.88 Å². The molecule has 1 heteroatoms. The van der Waals surface area contributed by atoms with E-state index in [0.29, 0.717) is 10.8 Å². The number of fused-ring (bicyclic) bond motifs is 1. The van der Waals surface area contributed by atoms with E-state index in [1.807, 2.05) is 0 Å². The molecular formula is C10H15Cl. The van der Waals surface area contributed by atoms with Crippen molar-refractivity contribution in [2.75, 3.05) is 5.88 Å². The van der Waals surface area contributed by atoms with Gasteiger partial charge in [-0.2, -0.15) is 0 Å². The summed E-state index contributed by atoms with van der Waals surface area (Å²) < 4.78 is 0. The van der Waals surface area contributed by atoms with Crippen molar-refractivity contribution in [1.29, 1.82) is 0 Å². The van der Waals surface area contributed by atoms with Gasteiger partial charge >= 0.3 is 0 Å². The summed E-state index contributed by atoms with van der Waals surface area (Å²) in [5.41, 5.74) is 2.60. The smallest absolute Gasteiger partial charge is 0.0325 e. The average Bonchev–Trinajstić information content (AvgIpc) is 2.00. The lowest BCUT2D eigenvalue weighted by Crippen LogP contribution is -2.56. The highest BCUT2D eigenvalue weighted by Gasteiger charge is 2.60. The normalized spacial score (nSPS) is 47.0. The van der Waals surface area contributed by atoms with Gasteiger partial charge in [0.15, 0.2) is 0 Å². The summed E-state index contributed by atoms with van der Waals surface area (Å²) in [6.07, 6.45) is 6.17. The molecule has 11 heavy (non-hydrogen) atoms. The molecule has 1 saturated carbocycles. The van der Waals surface area contributed by atoms with E-state index < -0.39 is 0 Å². The summed E-state index contributed by atoms with van der Waals surface area (Å²) in [7, 11) is 0. The maximum Gasteiger partial charge on any atom is 0.0325 e. The van der Waals surface area contributed by atoms with Crippen molar-refractivity contribution >= 4 is 11.6 Å². The van der Waals surface area contributed by atoms with Gasteiger partial charge in [-0.25, -0.2) is 0 Å². The summed E-state index contributed by atoms with van der Waals surface area (Å²) in [5.74, 6) is 0.836. The highest BCUT2D eigenvalue weighted by Crippen LogP contribution is 2.69. The largest absolute Gasteiger partial charge is 0.126 e. The van der Waals surface area contributed by atoms with Gasteiger partial charge in [0.1, 0.15) is 0 Å². The summed E-state index contributed by atoms with van der Waals surface area (Å²) >= 11 is 6.01. The molecule has 1 fully saturated rings. The molecule has 2 unspecified atom stereocenters. The van der Waals surface area contributed by atoms with E-state index in [1.54, 1.807) is 5.57 Å². The molecule has 0 N–H and O–H groups in total. The Balaban J connectivity index is 2.26. The molecule has 0 saturated heterocycles. The molecular weight excluding hydrogens is 156 g/mol. The van der Waals surface area contributed by atoms with Gasteiger partial charge in [0, 0.05) is 11.3 Å². The highest BCUT2D eigenvalue weighted by atomic mass is 35.5. The van der Waals surface area contributed by atoms with Crippen molar-refractivity contribution in [3.63, 3.8) is 0 Å². The Morgan fingerprint density at radius 2 is 2.36 bits per heavy atom. The lowest BCUT2D eigenvalue weighted by molar-refractivity contribution is 0.00152. The van der Waals surface area contributed by atoms with E-state index in [4.69, 9.17) is 11.6 Å². The monoisotopic (exact) mass is 170 g/mol. The van der Waals surface area contributed by atoms with Crippen LogP contribution in [0.5, 0.6) is 0 Å². The van der Waals surface area contributed by atoms with E-state index >= 15 is 0 Å².